The van der Waals surface area contributed by atoms with Crippen LogP contribution < -0.4 is 9.64 Å². The predicted octanol–water partition coefficient (Wildman–Crippen LogP) is 2.93. The Morgan fingerprint density at radius 2 is 1.60 bits per heavy atom. The molecule has 1 aliphatic rings. The molecule has 158 valence electrons. The lowest BCUT2D eigenvalue weighted by molar-refractivity contribution is -0.274. The molecule has 6 nitrogen and oxygen atoms in total. The Kier molecular flexibility index (Phi) is 5.79. The summed E-state index contributed by atoms with van der Waals surface area (Å²) in [5, 5.41) is 9.22. The monoisotopic (exact) mass is 424 g/mol. The van der Waals surface area contributed by atoms with E-state index in [0.29, 0.717) is 0 Å². The van der Waals surface area contributed by atoms with Gasteiger partial charge in [0, 0.05) is 13.6 Å². The van der Waals surface area contributed by atoms with Crippen LogP contribution in [0.1, 0.15) is 5.56 Å². The van der Waals surface area contributed by atoms with Crippen LogP contribution in [0.15, 0.2) is 54.2 Å². The highest BCUT2D eigenvalue weighted by Crippen LogP contribution is 2.35. The molecule has 10 heteroatoms. The molecule has 0 saturated heterocycles. The fraction of sp³-hybridized carbons (Fsp3) is 0.200. The fourth-order valence-electron chi connectivity index (χ4n) is 3.04. The van der Waals surface area contributed by atoms with E-state index in [2.05, 4.69) is 4.74 Å². The minimum atomic E-state index is -4.88. The van der Waals surface area contributed by atoms with Crippen molar-refractivity contribution < 1.29 is 37.0 Å². The number of benzene rings is 2. The van der Waals surface area contributed by atoms with Crippen LogP contribution in [0.4, 0.5) is 23.2 Å². The first-order valence-electron chi connectivity index (χ1n) is 8.69. The Bertz CT molecular complexity index is 985. The van der Waals surface area contributed by atoms with Gasteiger partial charge in [-0.25, -0.2) is 9.29 Å². The smallest absolute Gasteiger partial charge is 0.406 e. The molecule has 1 N–H and O–H groups in total. The molecule has 1 heterocycles. The van der Waals surface area contributed by atoms with Gasteiger partial charge in [0.2, 0.25) is 0 Å². The Morgan fingerprint density at radius 3 is 2.13 bits per heavy atom. The summed E-state index contributed by atoms with van der Waals surface area (Å²) in [6.45, 7) is -0.243. The predicted molar refractivity (Wildman–Crippen MR) is 98.7 cm³/mol. The summed E-state index contributed by atoms with van der Waals surface area (Å²) in [6, 6.07) is 9.21. The fourth-order valence-corrected chi connectivity index (χ4v) is 3.04. The number of carbonyl (C=O) groups excluding carboxylic acids is 2. The first-order chi connectivity index (χ1) is 14.1. The van der Waals surface area contributed by atoms with Crippen LogP contribution in [-0.4, -0.2) is 48.4 Å². The molecule has 2 amide bonds. The van der Waals surface area contributed by atoms with E-state index >= 15 is 0 Å². The standard InChI is InChI=1S/C20H16F4N2O4/c1-25(10-11-27)17-16(12-2-4-13(21)5-3-12)18(28)26(19(17)29)14-6-8-15(9-7-14)30-20(22,23)24/h2-9,27H,10-11H2,1H3. The lowest BCUT2D eigenvalue weighted by atomic mass is 10.0. The lowest BCUT2D eigenvalue weighted by Crippen LogP contribution is -2.34. The number of hydrogen-bond acceptors (Lipinski definition) is 5. The zero-order valence-electron chi connectivity index (χ0n) is 15.6. The maximum Gasteiger partial charge on any atom is 0.573 e. The number of ether oxygens (including phenoxy) is 1. The molecule has 0 spiro atoms. The molecule has 2 aromatic rings. The van der Waals surface area contributed by atoms with Gasteiger partial charge in [0.25, 0.3) is 11.8 Å². The number of likely N-dealkylation sites (N-methyl/N-ethyl adjacent to an activating group) is 1. The molecule has 30 heavy (non-hydrogen) atoms. The van der Waals surface area contributed by atoms with Gasteiger partial charge in [0.15, 0.2) is 0 Å². The van der Waals surface area contributed by atoms with E-state index in [9.17, 15) is 32.3 Å². The highest BCUT2D eigenvalue weighted by Gasteiger charge is 2.41. The summed E-state index contributed by atoms with van der Waals surface area (Å²) in [5.74, 6) is -2.48. The molecule has 3 rings (SSSR count). The van der Waals surface area contributed by atoms with Crippen LogP contribution >= 0.6 is 0 Å². The molecular weight excluding hydrogens is 408 g/mol. The van der Waals surface area contributed by atoms with Crippen LogP contribution in [0.25, 0.3) is 5.57 Å². The minimum Gasteiger partial charge on any atom is -0.406 e. The molecule has 0 aliphatic carbocycles. The molecule has 0 saturated carbocycles. The van der Waals surface area contributed by atoms with Crippen molar-refractivity contribution in [2.24, 2.45) is 0 Å². The normalized spacial score (nSPS) is 14.5. The summed E-state index contributed by atoms with van der Waals surface area (Å²) in [4.78, 5) is 28.3. The van der Waals surface area contributed by atoms with Crippen molar-refractivity contribution in [1.82, 2.24) is 4.90 Å². The number of aliphatic hydroxyl groups excluding tert-OH is 1. The number of nitrogens with zero attached hydrogens (tertiary/aromatic N) is 2. The van der Waals surface area contributed by atoms with Gasteiger partial charge in [-0.05, 0) is 42.0 Å². The van der Waals surface area contributed by atoms with Gasteiger partial charge in [0.05, 0.1) is 17.9 Å². The van der Waals surface area contributed by atoms with Crippen molar-refractivity contribution in [3.63, 3.8) is 0 Å². The summed E-state index contributed by atoms with van der Waals surface area (Å²) in [5.41, 5.74) is 0.295. The molecule has 0 unspecified atom stereocenters. The molecule has 0 bridgehead atoms. The maximum absolute atomic E-state index is 13.3. The summed E-state index contributed by atoms with van der Waals surface area (Å²) < 4.78 is 54.1. The van der Waals surface area contributed by atoms with E-state index in [4.69, 9.17) is 0 Å². The van der Waals surface area contributed by atoms with E-state index in [0.717, 1.165) is 41.3 Å². The molecular formula is C20H16F4N2O4. The topological polar surface area (TPSA) is 70.1 Å². The van der Waals surface area contributed by atoms with Gasteiger partial charge in [-0.3, -0.25) is 9.59 Å². The van der Waals surface area contributed by atoms with Crippen molar-refractivity contribution in [3.8, 4) is 5.75 Å². The van der Waals surface area contributed by atoms with Crippen LogP contribution in [0.5, 0.6) is 5.75 Å². The molecule has 0 fully saturated rings. The van der Waals surface area contributed by atoms with Gasteiger partial charge < -0.3 is 14.7 Å². The molecule has 1 aliphatic heterocycles. The molecule has 0 atom stereocenters. The Hall–Kier alpha value is -3.40. The quantitative estimate of drug-likeness (QED) is 0.571. The zero-order valence-corrected chi connectivity index (χ0v) is 15.6. The molecule has 2 aromatic carbocycles. The average molecular weight is 424 g/mol. The number of aliphatic hydroxyl groups is 1. The highest BCUT2D eigenvalue weighted by molar-refractivity contribution is 6.45. The Labute approximate surface area is 168 Å². The van der Waals surface area contributed by atoms with Crippen molar-refractivity contribution in [2.75, 3.05) is 25.1 Å². The van der Waals surface area contributed by atoms with Gasteiger partial charge in [0.1, 0.15) is 17.3 Å². The third-order valence-corrected chi connectivity index (χ3v) is 4.34. The molecule has 0 aromatic heterocycles. The van der Waals surface area contributed by atoms with Gasteiger partial charge in [-0.1, -0.05) is 12.1 Å². The third kappa shape index (κ3) is 4.28. The van der Waals surface area contributed by atoms with E-state index in [-0.39, 0.29) is 35.7 Å². The van der Waals surface area contributed by atoms with E-state index in [1.807, 2.05) is 0 Å². The van der Waals surface area contributed by atoms with Crippen molar-refractivity contribution in [1.29, 1.82) is 0 Å². The minimum absolute atomic E-state index is 0.00781. The number of alkyl halides is 3. The first kappa shape index (κ1) is 21.3. The van der Waals surface area contributed by atoms with Crippen LogP contribution in [-0.2, 0) is 9.59 Å². The second-order valence-corrected chi connectivity index (χ2v) is 6.36. The van der Waals surface area contributed by atoms with Crippen LogP contribution in [0.2, 0.25) is 0 Å². The van der Waals surface area contributed by atoms with Crippen molar-refractivity contribution in [2.45, 2.75) is 6.36 Å². The second kappa shape index (κ2) is 8.15. The number of amides is 2. The van der Waals surface area contributed by atoms with Gasteiger partial charge in [-0.2, -0.15) is 0 Å². The number of halogens is 4. The molecule has 0 radical (unpaired) electrons. The van der Waals surface area contributed by atoms with Gasteiger partial charge in [-0.15, -0.1) is 13.2 Å². The summed E-state index contributed by atoms with van der Waals surface area (Å²) in [7, 11) is 1.50. The van der Waals surface area contributed by atoms with Gasteiger partial charge >= 0.3 is 6.36 Å². The highest BCUT2D eigenvalue weighted by atomic mass is 19.4. The third-order valence-electron chi connectivity index (χ3n) is 4.34. The Balaban J connectivity index is 2.00. The largest absolute Gasteiger partial charge is 0.573 e. The summed E-state index contributed by atoms with van der Waals surface area (Å²) in [6.07, 6.45) is -4.88. The van der Waals surface area contributed by atoms with Crippen molar-refractivity contribution in [3.05, 3.63) is 65.6 Å². The number of rotatable bonds is 6. The van der Waals surface area contributed by atoms with Crippen molar-refractivity contribution >= 4 is 23.1 Å². The maximum atomic E-state index is 13.3. The number of anilines is 1. The first-order valence-corrected chi connectivity index (χ1v) is 8.69. The van der Waals surface area contributed by atoms with E-state index in [1.165, 1.54) is 24.1 Å². The summed E-state index contributed by atoms with van der Waals surface area (Å²) >= 11 is 0. The van der Waals surface area contributed by atoms with E-state index in [1.54, 1.807) is 0 Å². The number of hydrogen-bond donors (Lipinski definition) is 1. The van der Waals surface area contributed by atoms with E-state index < -0.39 is 29.7 Å². The zero-order chi connectivity index (χ0) is 22.1. The SMILES string of the molecule is CN(CCO)C1=C(c2ccc(F)cc2)C(=O)N(c2ccc(OC(F)(F)F)cc2)C1=O. The lowest BCUT2D eigenvalue weighted by Gasteiger charge is -2.20. The number of imide groups is 1. The second-order valence-electron chi connectivity index (χ2n) is 6.36. The van der Waals surface area contributed by atoms with Crippen LogP contribution in [0.3, 0.4) is 0 Å². The Morgan fingerprint density at radius 1 is 1.00 bits per heavy atom. The van der Waals surface area contributed by atoms with Crippen LogP contribution in [0, 0.1) is 5.82 Å². The number of carbonyl (C=O) groups is 2. The average Bonchev–Trinajstić information content (AvgIpc) is 2.93.